The quantitative estimate of drug-likeness (QED) is 0.824. The molecule has 0 unspecified atom stereocenters. The highest BCUT2D eigenvalue weighted by molar-refractivity contribution is 5.99. The monoisotopic (exact) mass is 245 g/mol. The van der Waals surface area contributed by atoms with Gasteiger partial charge in [0.15, 0.2) is 0 Å². The molecule has 1 saturated carbocycles. The number of carbonyl (C=O) groups is 1. The van der Waals surface area contributed by atoms with Gasteiger partial charge in [-0.15, -0.1) is 0 Å². The van der Waals surface area contributed by atoms with E-state index in [0.717, 1.165) is 48.9 Å². The molecule has 1 heterocycles. The van der Waals surface area contributed by atoms with E-state index in [1.165, 1.54) is 0 Å². The van der Waals surface area contributed by atoms with E-state index in [1.54, 1.807) is 0 Å². The van der Waals surface area contributed by atoms with Crippen LogP contribution in [-0.2, 0) is 6.54 Å². The van der Waals surface area contributed by atoms with E-state index in [-0.39, 0.29) is 12.0 Å². The number of aryl methyl sites for hydroxylation is 1. The van der Waals surface area contributed by atoms with Gasteiger partial charge in [0.2, 0.25) is 0 Å². The maximum Gasteiger partial charge on any atom is 0.255 e. The van der Waals surface area contributed by atoms with Crippen LogP contribution < -0.4 is 0 Å². The Kier molecular flexibility index (Phi) is 2.86. The number of amides is 1. The first kappa shape index (κ1) is 11.7. The number of carbonyl (C=O) groups excluding carboxylic acids is 1. The number of nitrogens with zero attached hydrogens (tertiary/aromatic N) is 1. The first-order valence-corrected chi connectivity index (χ1v) is 6.74. The van der Waals surface area contributed by atoms with Gasteiger partial charge < -0.3 is 10.0 Å². The Bertz CT molecular complexity index is 475. The molecule has 0 bridgehead atoms. The van der Waals surface area contributed by atoms with Crippen LogP contribution in [0.4, 0.5) is 0 Å². The van der Waals surface area contributed by atoms with Crippen molar-refractivity contribution in [3.05, 3.63) is 34.9 Å². The van der Waals surface area contributed by atoms with E-state index in [2.05, 4.69) is 6.07 Å². The number of hydrogen-bond donors (Lipinski definition) is 1. The summed E-state index contributed by atoms with van der Waals surface area (Å²) in [5.41, 5.74) is 3.14. The number of benzene rings is 1. The summed E-state index contributed by atoms with van der Waals surface area (Å²) in [6, 6.07) is 6.39. The molecule has 1 aliphatic carbocycles. The van der Waals surface area contributed by atoms with Crippen molar-refractivity contribution in [2.24, 2.45) is 0 Å². The third-order valence-electron chi connectivity index (χ3n) is 4.28. The zero-order chi connectivity index (χ0) is 12.7. The fourth-order valence-corrected chi connectivity index (χ4v) is 3.23. The number of rotatable bonds is 1. The topological polar surface area (TPSA) is 40.5 Å². The lowest BCUT2D eigenvalue weighted by Gasteiger charge is -2.32. The molecule has 3 rings (SSSR count). The molecule has 2 aliphatic rings. The van der Waals surface area contributed by atoms with Gasteiger partial charge in [0.1, 0.15) is 0 Å². The molecule has 1 aromatic carbocycles. The molecule has 0 aromatic heterocycles. The Hall–Kier alpha value is -1.35. The van der Waals surface area contributed by atoms with Crippen LogP contribution in [0.3, 0.4) is 0 Å². The van der Waals surface area contributed by atoms with Gasteiger partial charge in [0.05, 0.1) is 6.10 Å². The predicted octanol–water partition coefficient (Wildman–Crippen LogP) is 2.25. The number of fused-ring (bicyclic) bond motifs is 1. The maximum absolute atomic E-state index is 12.5. The first-order valence-electron chi connectivity index (χ1n) is 6.74. The molecular weight excluding hydrogens is 226 g/mol. The smallest absolute Gasteiger partial charge is 0.255 e. The minimum absolute atomic E-state index is 0.164. The van der Waals surface area contributed by atoms with E-state index in [0.29, 0.717) is 6.04 Å². The van der Waals surface area contributed by atoms with Gasteiger partial charge in [-0.1, -0.05) is 18.2 Å². The Morgan fingerprint density at radius 1 is 1.22 bits per heavy atom. The molecule has 1 aliphatic heterocycles. The predicted molar refractivity (Wildman–Crippen MR) is 69.3 cm³/mol. The van der Waals surface area contributed by atoms with E-state index in [9.17, 15) is 9.90 Å². The number of hydrogen-bond acceptors (Lipinski definition) is 2. The molecule has 3 nitrogen and oxygen atoms in total. The van der Waals surface area contributed by atoms with Crippen molar-refractivity contribution in [1.29, 1.82) is 0 Å². The summed E-state index contributed by atoms with van der Waals surface area (Å²) in [4.78, 5) is 14.5. The zero-order valence-electron chi connectivity index (χ0n) is 10.7. The average Bonchev–Trinajstić information content (AvgIpc) is 2.69. The molecule has 3 heteroatoms. The van der Waals surface area contributed by atoms with Gasteiger partial charge in [0, 0.05) is 18.2 Å². The molecule has 18 heavy (non-hydrogen) atoms. The van der Waals surface area contributed by atoms with E-state index in [1.807, 2.05) is 24.0 Å². The highest BCUT2D eigenvalue weighted by atomic mass is 16.3. The van der Waals surface area contributed by atoms with Crippen LogP contribution in [0.5, 0.6) is 0 Å². The van der Waals surface area contributed by atoms with Gasteiger partial charge in [-0.05, 0) is 43.7 Å². The molecule has 1 aromatic rings. The van der Waals surface area contributed by atoms with Crippen molar-refractivity contribution in [3.63, 3.8) is 0 Å². The van der Waals surface area contributed by atoms with E-state index >= 15 is 0 Å². The van der Waals surface area contributed by atoms with Crippen molar-refractivity contribution in [2.45, 2.75) is 51.3 Å². The minimum atomic E-state index is -0.164. The van der Waals surface area contributed by atoms with Crippen LogP contribution in [0.25, 0.3) is 0 Å². The third-order valence-corrected chi connectivity index (χ3v) is 4.28. The van der Waals surface area contributed by atoms with Crippen LogP contribution in [0.1, 0.15) is 47.2 Å². The molecule has 0 atom stereocenters. The zero-order valence-corrected chi connectivity index (χ0v) is 10.7. The summed E-state index contributed by atoms with van der Waals surface area (Å²) >= 11 is 0. The second-order valence-electron chi connectivity index (χ2n) is 5.50. The van der Waals surface area contributed by atoms with Crippen LogP contribution >= 0.6 is 0 Å². The molecular formula is C15H19NO2. The Labute approximate surface area is 107 Å². The summed E-state index contributed by atoms with van der Waals surface area (Å²) in [7, 11) is 0. The minimum Gasteiger partial charge on any atom is -0.393 e. The molecule has 0 radical (unpaired) electrons. The van der Waals surface area contributed by atoms with Gasteiger partial charge in [-0.3, -0.25) is 4.79 Å². The van der Waals surface area contributed by atoms with Crippen molar-refractivity contribution in [1.82, 2.24) is 4.90 Å². The molecule has 1 fully saturated rings. The van der Waals surface area contributed by atoms with Crippen LogP contribution in [0, 0.1) is 6.92 Å². The highest BCUT2D eigenvalue weighted by Gasteiger charge is 2.35. The summed E-state index contributed by atoms with van der Waals surface area (Å²) in [6.07, 6.45) is 3.34. The molecule has 1 amide bonds. The SMILES string of the molecule is Cc1cccc2c1C(=O)N(C1CCC(O)CC1)C2. The average molecular weight is 245 g/mol. The fourth-order valence-electron chi connectivity index (χ4n) is 3.23. The molecule has 0 saturated heterocycles. The lowest BCUT2D eigenvalue weighted by molar-refractivity contribution is 0.0519. The van der Waals surface area contributed by atoms with Crippen LogP contribution in [0.2, 0.25) is 0 Å². The van der Waals surface area contributed by atoms with Crippen molar-refractivity contribution < 1.29 is 9.90 Å². The lowest BCUT2D eigenvalue weighted by atomic mass is 9.92. The Morgan fingerprint density at radius 3 is 2.61 bits per heavy atom. The van der Waals surface area contributed by atoms with E-state index in [4.69, 9.17) is 0 Å². The maximum atomic E-state index is 12.5. The highest BCUT2D eigenvalue weighted by Crippen LogP contribution is 2.32. The van der Waals surface area contributed by atoms with E-state index < -0.39 is 0 Å². The second kappa shape index (κ2) is 4.39. The number of aliphatic hydroxyl groups excluding tert-OH is 1. The van der Waals surface area contributed by atoms with Crippen molar-refractivity contribution in [3.8, 4) is 0 Å². The van der Waals surface area contributed by atoms with Gasteiger partial charge in [0.25, 0.3) is 5.91 Å². The van der Waals surface area contributed by atoms with Gasteiger partial charge in [-0.25, -0.2) is 0 Å². The fraction of sp³-hybridized carbons (Fsp3) is 0.533. The summed E-state index contributed by atoms with van der Waals surface area (Å²) < 4.78 is 0. The lowest BCUT2D eigenvalue weighted by Crippen LogP contribution is -2.39. The van der Waals surface area contributed by atoms with Crippen molar-refractivity contribution in [2.75, 3.05) is 0 Å². The Balaban J connectivity index is 1.82. The van der Waals surface area contributed by atoms with Gasteiger partial charge in [-0.2, -0.15) is 0 Å². The second-order valence-corrected chi connectivity index (χ2v) is 5.50. The number of aliphatic hydroxyl groups is 1. The molecule has 1 N–H and O–H groups in total. The molecule has 0 spiro atoms. The van der Waals surface area contributed by atoms with Crippen LogP contribution in [-0.4, -0.2) is 28.1 Å². The third kappa shape index (κ3) is 1.83. The summed E-state index contributed by atoms with van der Waals surface area (Å²) in [5, 5.41) is 9.55. The normalized spacial score (nSPS) is 27.4. The van der Waals surface area contributed by atoms with Crippen molar-refractivity contribution >= 4 is 5.91 Å². The summed E-state index contributed by atoms with van der Waals surface area (Å²) in [6.45, 7) is 2.75. The standard InChI is InChI=1S/C15H19NO2/c1-10-3-2-4-11-9-16(15(18)14(10)11)12-5-7-13(17)8-6-12/h2-4,12-13,17H,5-9H2,1H3. The Morgan fingerprint density at radius 2 is 1.94 bits per heavy atom. The van der Waals surface area contributed by atoms with Crippen LogP contribution in [0.15, 0.2) is 18.2 Å². The summed E-state index contributed by atoms with van der Waals surface area (Å²) in [5.74, 6) is 0.185. The largest absolute Gasteiger partial charge is 0.393 e. The first-order chi connectivity index (χ1) is 8.66. The van der Waals surface area contributed by atoms with Gasteiger partial charge >= 0.3 is 0 Å². The molecule has 96 valence electrons.